The topological polar surface area (TPSA) is 55.6 Å². The molecule has 0 radical (unpaired) electrons. The molecule has 1 aromatic carbocycles. The minimum Gasteiger partial charge on any atom is -0.497 e. The molecule has 0 aliphatic carbocycles. The molecule has 0 saturated heterocycles. The van der Waals surface area contributed by atoms with Crippen molar-refractivity contribution in [3.05, 3.63) is 29.8 Å². The molecule has 19 heavy (non-hydrogen) atoms. The molecule has 0 aromatic heterocycles. The van der Waals surface area contributed by atoms with Crippen molar-refractivity contribution in [2.45, 2.75) is 39.3 Å². The van der Waals surface area contributed by atoms with E-state index in [-0.39, 0.29) is 11.9 Å². The summed E-state index contributed by atoms with van der Waals surface area (Å²) >= 11 is 0. The zero-order chi connectivity index (χ0) is 14.4. The molecule has 0 aliphatic heterocycles. The standard InChI is InChI=1S/C15H24N2O2/c1-5-17(15(18)12(3)16)11(2)10-13-6-8-14(19-4)9-7-13/h6-9,11-12H,5,10,16H2,1-4H3/t11?,12-/m0/s1. The summed E-state index contributed by atoms with van der Waals surface area (Å²) in [4.78, 5) is 13.8. The van der Waals surface area contributed by atoms with Crippen LogP contribution in [0.1, 0.15) is 26.3 Å². The Morgan fingerprint density at radius 2 is 1.89 bits per heavy atom. The minimum absolute atomic E-state index is 0.00325. The largest absolute Gasteiger partial charge is 0.497 e. The van der Waals surface area contributed by atoms with E-state index < -0.39 is 6.04 Å². The van der Waals surface area contributed by atoms with Crippen molar-refractivity contribution in [3.8, 4) is 5.75 Å². The molecular formula is C15H24N2O2. The molecule has 1 rings (SSSR count). The second kappa shape index (κ2) is 7.14. The number of ether oxygens (including phenoxy) is 1. The molecule has 0 spiro atoms. The number of carbonyl (C=O) groups excluding carboxylic acids is 1. The highest BCUT2D eigenvalue weighted by Crippen LogP contribution is 2.15. The fourth-order valence-electron chi connectivity index (χ4n) is 2.16. The van der Waals surface area contributed by atoms with Crippen LogP contribution >= 0.6 is 0 Å². The van der Waals surface area contributed by atoms with Crippen molar-refractivity contribution in [1.82, 2.24) is 4.90 Å². The molecule has 0 heterocycles. The van der Waals surface area contributed by atoms with Gasteiger partial charge in [0.05, 0.1) is 13.2 Å². The Bertz CT molecular complexity index is 401. The second-order valence-corrected chi connectivity index (χ2v) is 4.81. The monoisotopic (exact) mass is 264 g/mol. The summed E-state index contributed by atoms with van der Waals surface area (Å²) in [6.45, 7) is 6.43. The van der Waals surface area contributed by atoms with E-state index in [1.807, 2.05) is 43.0 Å². The van der Waals surface area contributed by atoms with Gasteiger partial charge in [-0.1, -0.05) is 12.1 Å². The molecule has 2 atom stereocenters. The van der Waals surface area contributed by atoms with Gasteiger partial charge in [-0.3, -0.25) is 4.79 Å². The fraction of sp³-hybridized carbons (Fsp3) is 0.533. The molecule has 0 fully saturated rings. The first-order chi connectivity index (χ1) is 8.99. The third-order valence-electron chi connectivity index (χ3n) is 3.24. The van der Waals surface area contributed by atoms with E-state index in [4.69, 9.17) is 10.5 Å². The first-order valence-corrected chi connectivity index (χ1v) is 6.68. The number of methoxy groups -OCH3 is 1. The van der Waals surface area contributed by atoms with Gasteiger partial charge in [-0.05, 0) is 44.9 Å². The smallest absolute Gasteiger partial charge is 0.239 e. The molecule has 4 heteroatoms. The molecule has 0 saturated carbocycles. The predicted molar refractivity (Wildman–Crippen MR) is 77.2 cm³/mol. The Labute approximate surface area is 115 Å². The van der Waals surface area contributed by atoms with Gasteiger partial charge in [0.1, 0.15) is 5.75 Å². The maximum Gasteiger partial charge on any atom is 0.239 e. The number of hydrogen-bond acceptors (Lipinski definition) is 3. The fourth-order valence-corrected chi connectivity index (χ4v) is 2.16. The molecular weight excluding hydrogens is 240 g/mol. The van der Waals surface area contributed by atoms with E-state index >= 15 is 0 Å². The zero-order valence-corrected chi connectivity index (χ0v) is 12.2. The summed E-state index contributed by atoms with van der Waals surface area (Å²) in [6, 6.07) is 7.62. The van der Waals surface area contributed by atoms with Gasteiger partial charge >= 0.3 is 0 Å². The first-order valence-electron chi connectivity index (χ1n) is 6.68. The highest BCUT2D eigenvalue weighted by molar-refractivity contribution is 5.81. The predicted octanol–water partition coefficient (Wildman–Crippen LogP) is 1.82. The normalized spacial score (nSPS) is 13.7. The molecule has 1 unspecified atom stereocenters. The molecule has 0 aliphatic rings. The van der Waals surface area contributed by atoms with Crippen molar-refractivity contribution < 1.29 is 9.53 Å². The highest BCUT2D eigenvalue weighted by Gasteiger charge is 2.21. The van der Waals surface area contributed by atoms with Gasteiger partial charge in [0, 0.05) is 12.6 Å². The van der Waals surface area contributed by atoms with E-state index in [1.54, 1.807) is 14.0 Å². The summed E-state index contributed by atoms with van der Waals surface area (Å²) < 4.78 is 5.13. The third-order valence-corrected chi connectivity index (χ3v) is 3.24. The first kappa shape index (κ1) is 15.5. The van der Waals surface area contributed by atoms with Gasteiger partial charge in [0.25, 0.3) is 0 Å². The number of carbonyl (C=O) groups is 1. The second-order valence-electron chi connectivity index (χ2n) is 4.81. The van der Waals surface area contributed by atoms with Crippen LogP contribution in [0.2, 0.25) is 0 Å². The molecule has 106 valence electrons. The summed E-state index contributed by atoms with van der Waals surface area (Å²) in [6.07, 6.45) is 0.816. The Morgan fingerprint density at radius 3 is 2.32 bits per heavy atom. The third kappa shape index (κ3) is 4.24. The Kier molecular flexibility index (Phi) is 5.83. The van der Waals surface area contributed by atoms with Crippen LogP contribution in [-0.4, -0.2) is 36.5 Å². The number of hydrogen-bond donors (Lipinski definition) is 1. The lowest BCUT2D eigenvalue weighted by Crippen LogP contribution is -2.47. The van der Waals surface area contributed by atoms with Crippen LogP contribution in [0.5, 0.6) is 5.75 Å². The average Bonchev–Trinajstić information content (AvgIpc) is 2.40. The SMILES string of the molecule is CCN(C(=O)[C@H](C)N)C(C)Cc1ccc(OC)cc1. The van der Waals surface area contributed by atoms with E-state index in [2.05, 4.69) is 0 Å². The maximum atomic E-state index is 12.0. The lowest BCUT2D eigenvalue weighted by Gasteiger charge is -2.29. The molecule has 2 N–H and O–H groups in total. The number of likely N-dealkylation sites (N-methyl/N-ethyl adjacent to an activating group) is 1. The Hall–Kier alpha value is -1.55. The van der Waals surface area contributed by atoms with Crippen molar-refractivity contribution in [2.75, 3.05) is 13.7 Å². The Morgan fingerprint density at radius 1 is 1.32 bits per heavy atom. The van der Waals surface area contributed by atoms with E-state index in [0.29, 0.717) is 6.54 Å². The van der Waals surface area contributed by atoms with Crippen molar-refractivity contribution in [3.63, 3.8) is 0 Å². The number of rotatable bonds is 6. The lowest BCUT2D eigenvalue weighted by atomic mass is 10.0. The number of nitrogens with zero attached hydrogens (tertiary/aromatic N) is 1. The van der Waals surface area contributed by atoms with Crippen LogP contribution in [0.4, 0.5) is 0 Å². The van der Waals surface area contributed by atoms with Gasteiger partial charge in [0.15, 0.2) is 0 Å². The summed E-state index contributed by atoms with van der Waals surface area (Å²) in [5, 5.41) is 0. The van der Waals surface area contributed by atoms with Crippen LogP contribution in [0.15, 0.2) is 24.3 Å². The van der Waals surface area contributed by atoms with Crippen LogP contribution in [-0.2, 0) is 11.2 Å². The van der Waals surface area contributed by atoms with Crippen LogP contribution in [0.25, 0.3) is 0 Å². The van der Waals surface area contributed by atoms with Gasteiger partial charge in [-0.25, -0.2) is 0 Å². The average molecular weight is 264 g/mol. The zero-order valence-electron chi connectivity index (χ0n) is 12.2. The van der Waals surface area contributed by atoms with Crippen LogP contribution in [0.3, 0.4) is 0 Å². The summed E-state index contributed by atoms with van der Waals surface area (Å²) in [5.41, 5.74) is 6.86. The molecule has 4 nitrogen and oxygen atoms in total. The van der Waals surface area contributed by atoms with Crippen molar-refractivity contribution in [2.24, 2.45) is 5.73 Å². The number of benzene rings is 1. The number of nitrogens with two attached hydrogens (primary N) is 1. The van der Waals surface area contributed by atoms with Crippen molar-refractivity contribution >= 4 is 5.91 Å². The van der Waals surface area contributed by atoms with E-state index in [0.717, 1.165) is 12.2 Å². The summed E-state index contributed by atoms with van der Waals surface area (Å²) in [7, 11) is 1.65. The van der Waals surface area contributed by atoms with E-state index in [1.165, 1.54) is 5.56 Å². The molecule has 1 aromatic rings. The van der Waals surface area contributed by atoms with Gasteiger partial charge in [-0.15, -0.1) is 0 Å². The minimum atomic E-state index is -0.446. The highest BCUT2D eigenvalue weighted by atomic mass is 16.5. The maximum absolute atomic E-state index is 12.0. The van der Waals surface area contributed by atoms with Crippen molar-refractivity contribution in [1.29, 1.82) is 0 Å². The van der Waals surface area contributed by atoms with Crippen LogP contribution < -0.4 is 10.5 Å². The number of amides is 1. The quantitative estimate of drug-likeness (QED) is 0.852. The summed E-state index contributed by atoms with van der Waals surface area (Å²) in [5.74, 6) is 0.846. The molecule has 0 bridgehead atoms. The van der Waals surface area contributed by atoms with Gasteiger partial charge in [0.2, 0.25) is 5.91 Å². The van der Waals surface area contributed by atoms with Gasteiger partial charge < -0.3 is 15.4 Å². The van der Waals surface area contributed by atoms with E-state index in [9.17, 15) is 4.79 Å². The van der Waals surface area contributed by atoms with Gasteiger partial charge in [-0.2, -0.15) is 0 Å². The lowest BCUT2D eigenvalue weighted by molar-refractivity contribution is -0.133. The molecule has 1 amide bonds. The van der Waals surface area contributed by atoms with Crippen LogP contribution in [0, 0.1) is 0 Å². The Balaban J connectivity index is 2.70.